The van der Waals surface area contributed by atoms with E-state index in [0.717, 1.165) is 5.56 Å². The van der Waals surface area contributed by atoms with E-state index in [1.165, 1.54) is 16.7 Å². The Morgan fingerprint density at radius 1 is 1.23 bits per heavy atom. The summed E-state index contributed by atoms with van der Waals surface area (Å²) < 4.78 is 0. The minimum Gasteiger partial charge on any atom is -0.285 e. The zero-order valence-corrected chi connectivity index (χ0v) is 7.83. The monoisotopic (exact) mass is 172 g/mol. The van der Waals surface area contributed by atoms with Gasteiger partial charge in [-0.15, -0.1) is 0 Å². The molecule has 2 aromatic rings. The minimum absolute atomic E-state index is 1.15. The van der Waals surface area contributed by atoms with Gasteiger partial charge in [-0.25, -0.2) is 0 Å². The number of hydrogen-bond donors (Lipinski definition) is 1. The van der Waals surface area contributed by atoms with E-state index >= 15 is 0 Å². The Morgan fingerprint density at radius 2 is 2.08 bits per heavy atom. The Hall–Kier alpha value is -1.57. The highest BCUT2D eigenvalue weighted by atomic mass is 15.1. The molecule has 0 spiro atoms. The number of nitrogens with zero attached hydrogens (tertiary/aromatic N) is 1. The largest absolute Gasteiger partial charge is 0.285 e. The molecule has 0 saturated carbocycles. The normalized spacial score (nSPS) is 10.3. The van der Waals surface area contributed by atoms with Gasteiger partial charge in [0.15, 0.2) is 0 Å². The lowest BCUT2D eigenvalue weighted by Crippen LogP contribution is -1.84. The number of hydrogen-bond acceptors (Lipinski definition) is 1. The summed E-state index contributed by atoms with van der Waals surface area (Å²) in [5.74, 6) is 0. The molecule has 2 rings (SSSR count). The minimum atomic E-state index is 1.15. The maximum Gasteiger partial charge on any atom is 0.0565 e. The highest BCUT2D eigenvalue weighted by Gasteiger charge is 2.03. The Balaban J connectivity index is 2.59. The summed E-state index contributed by atoms with van der Waals surface area (Å²) in [6, 6.07) is 6.32. The molecule has 2 heteroatoms. The summed E-state index contributed by atoms with van der Waals surface area (Å²) >= 11 is 0. The third-order valence-electron chi connectivity index (χ3n) is 2.41. The third kappa shape index (κ3) is 1.35. The number of rotatable bonds is 1. The van der Waals surface area contributed by atoms with E-state index in [1.54, 1.807) is 0 Å². The highest BCUT2D eigenvalue weighted by molar-refractivity contribution is 5.66. The number of nitrogens with one attached hydrogen (secondary N) is 1. The maximum atomic E-state index is 3.94. The van der Waals surface area contributed by atoms with Crippen molar-refractivity contribution in [1.29, 1.82) is 0 Å². The lowest BCUT2D eigenvalue weighted by Gasteiger charge is -2.05. The van der Waals surface area contributed by atoms with Gasteiger partial charge in [0.05, 0.1) is 6.20 Å². The summed E-state index contributed by atoms with van der Waals surface area (Å²) in [5, 5.41) is 6.77. The first kappa shape index (κ1) is 8.05. The highest BCUT2D eigenvalue weighted by Crippen LogP contribution is 2.23. The molecule has 1 aromatic carbocycles. The van der Waals surface area contributed by atoms with Crippen LogP contribution < -0.4 is 0 Å². The van der Waals surface area contributed by atoms with Crippen LogP contribution in [0.5, 0.6) is 0 Å². The molecular formula is C11H12N2. The number of H-pyrrole nitrogens is 1. The predicted molar refractivity (Wildman–Crippen MR) is 53.5 cm³/mol. The van der Waals surface area contributed by atoms with Crippen LogP contribution >= 0.6 is 0 Å². The average molecular weight is 172 g/mol. The van der Waals surface area contributed by atoms with Crippen LogP contribution in [0.3, 0.4) is 0 Å². The zero-order chi connectivity index (χ0) is 9.26. The van der Waals surface area contributed by atoms with Gasteiger partial charge in [-0.3, -0.25) is 5.10 Å². The van der Waals surface area contributed by atoms with Crippen molar-refractivity contribution in [3.63, 3.8) is 0 Å². The van der Waals surface area contributed by atoms with Gasteiger partial charge >= 0.3 is 0 Å². The molecule has 0 saturated heterocycles. The van der Waals surface area contributed by atoms with Crippen LogP contribution in [0.4, 0.5) is 0 Å². The van der Waals surface area contributed by atoms with Crippen molar-refractivity contribution >= 4 is 0 Å². The fourth-order valence-corrected chi connectivity index (χ4v) is 1.46. The molecule has 0 aliphatic carbocycles. The summed E-state index contributed by atoms with van der Waals surface area (Å²) in [7, 11) is 0. The van der Waals surface area contributed by atoms with Crippen molar-refractivity contribution in [2.24, 2.45) is 0 Å². The second-order valence-corrected chi connectivity index (χ2v) is 3.23. The van der Waals surface area contributed by atoms with Crippen LogP contribution in [-0.2, 0) is 0 Å². The van der Waals surface area contributed by atoms with Crippen LogP contribution in [0, 0.1) is 13.8 Å². The first-order valence-electron chi connectivity index (χ1n) is 4.34. The Bertz CT molecular complexity index is 402. The Labute approximate surface area is 77.6 Å². The first-order chi connectivity index (χ1) is 6.29. The second kappa shape index (κ2) is 3.05. The second-order valence-electron chi connectivity index (χ2n) is 3.23. The zero-order valence-electron chi connectivity index (χ0n) is 7.83. The Kier molecular flexibility index (Phi) is 1.89. The molecule has 1 heterocycles. The molecule has 0 aliphatic rings. The molecule has 0 fully saturated rings. The van der Waals surface area contributed by atoms with Gasteiger partial charge < -0.3 is 0 Å². The quantitative estimate of drug-likeness (QED) is 0.704. The molecule has 0 bridgehead atoms. The Morgan fingerprint density at radius 3 is 2.77 bits per heavy atom. The van der Waals surface area contributed by atoms with E-state index in [0.29, 0.717) is 0 Å². The lowest BCUT2D eigenvalue weighted by atomic mass is 10.00. The van der Waals surface area contributed by atoms with Crippen molar-refractivity contribution < 1.29 is 0 Å². The maximum absolute atomic E-state index is 3.94. The number of benzene rings is 1. The predicted octanol–water partition coefficient (Wildman–Crippen LogP) is 2.69. The molecular weight excluding hydrogens is 160 g/mol. The standard InChI is InChI=1S/C11H12N2/c1-8-4-3-5-11(9(8)2)10-6-12-13-7-10/h3-7H,1-2H3,(H,12,13). The number of aromatic nitrogens is 2. The van der Waals surface area contributed by atoms with E-state index in [1.807, 2.05) is 12.4 Å². The fraction of sp³-hybridized carbons (Fsp3) is 0.182. The topological polar surface area (TPSA) is 28.7 Å². The van der Waals surface area contributed by atoms with Gasteiger partial charge in [-0.1, -0.05) is 18.2 Å². The van der Waals surface area contributed by atoms with Gasteiger partial charge in [0.1, 0.15) is 0 Å². The van der Waals surface area contributed by atoms with Gasteiger partial charge in [0.2, 0.25) is 0 Å². The molecule has 0 radical (unpaired) electrons. The van der Waals surface area contributed by atoms with E-state index in [9.17, 15) is 0 Å². The van der Waals surface area contributed by atoms with E-state index < -0.39 is 0 Å². The molecule has 13 heavy (non-hydrogen) atoms. The summed E-state index contributed by atoms with van der Waals surface area (Å²) in [6.45, 7) is 4.26. The van der Waals surface area contributed by atoms with Crippen LogP contribution in [-0.4, -0.2) is 10.2 Å². The third-order valence-corrected chi connectivity index (χ3v) is 2.41. The molecule has 0 atom stereocenters. The van der Waals surface area contributed by atoms with Crippen LogP contribution in [0.2, 0.25) is 0 Å². The molecule has 1 N–H and O–H groups in total. The molecule has 0 amide bonds. The summed E-state index contributed by atoms with van der Waals surface area (Å²) in [6.07, 6.45) is 3.77. The molecule has 66 valence electrons. The van der Waals surface area contributed by atoms with Gasteiger partial charge in [0.25, 0.3) is 0 Å². The number of aromatic amines is 1. The summed E-state index contributed by atoms with van der Waals surface area (Å²) in [5.41, 5.74) is 5.05. The van der Waals surface area contributed by atoms with Gasteiger partial charge in [-0.2, -0.15) is 5.10 Å². The van der Waals surface area contributed by atoms with Crippen molar-refractivity contribution in [2.75, 3.05) is 0 Å². The van der Waals surface area contributed by atoms with Crippen molar-refractivity contribution in [1.82, 2.24) is 10.2 Å². The van der Waals surface area contributed by atoms with Crippen molar-refractivity contribution in [2.45, 2.75) is 13.8 Å². The molecule has 1 aromatic heterocycles. The van der Waals surface area contributed by atoms with Gasteiger partial charge in [0, 0.05) is 11.8 Å². The summed E-state index contributed by atoms with van der Waals surface area (Å²) in [4.78, 5) is 0. The van der Waals surface area contributed by atoms with E-state index in [-0.39, 0.29) is 0 Å². The molecule has 0 unspecified atom stereocenters. The van der Waals surface area contributed by atoms with Crippen LogP contribution in [0.1, 0.15) is 11.1 Å². The van der Waals surface area contributed by atoms with E-state index in [2.05, 4.69) is 42.2 Å². The molecule has 2 nitrogen and oxygen atoms in total. The SMILES string of the molecule is Cc1cccc(-c2cn[nH]c2)c1C. The number of aryl methyl sites for hydroxylation is 1. The lowest BCUT2D eigenvalue weighted by molar-refractivity contribution is 1.09. The van der Waals surface area contributed by atoms with E-state index in [4.69, 9.17) is 0 Å². The van der Waals surface area contributed by atoms with Crippen LogP contribution in [0.15, 0.2) is 30.6 Å². The van der Waals surface area contributed by atoms with Crippen LogP contribution in [0.25, 0.3) is 11.1 Å². The fourth-order valence-electron chi connectivity index (χ4n) is 1.46. The molecule has 0 aliphatic heterocycles. The van der Waals surface area contributed by atoms with Gasteiger partial charge in [-0.05, 0) is 30.5 Å². The first-order valence-corrected chi connectivity index (χ1v) is 4.34. The average Bonchev–Trinajstić information content (AvgIpc) is 2.62. The smallest absolute Gasteiger partial charge is 0.0565 e. The van der Waals surface area contributed by atoms with Crippen molar-refractivity contribution in [3.8, 4) is 11.1 Å². The van der Waals surface area contributed by atoms with Crippen molar-refractivity contribution in [3.05, 3.63) is 41.7 Å².